The van der Waals surface area contributed by atoms with Gasteiger partial charge in [-0.25, -0.2) is 19.9 Å². The van der Waals surface area contributed by atoms with E-state index in [0.717, 1.165) is 54.5 Å². The van der Waals surface area contributed by atoms with Gasteiger partial charge in [0.2, 0.25) is 0 Å². The van der Waals surface area contributed by atoms with Crippen molar-refractivity contribution in [1.29, 1.82) is 0 Å². The average molecular weight is 440 g/mol. The number of rotatable bonds is 7. The van der Waals surface area contributed by atoms with Crippen molar-refractivity contribution in [2.24, 2.45) is 0 Å². The molecule has 0 aliphatic carbocycles. The lowest BCUT2D eigenvalue weighted by Gasteiger charge is -2.24. The van der Waals surface area contributed by atoms with Crippen LogP contribution >= 0.6 is 0 Å². The minimum Gasteiger partial charge on any atom is -0.497 e. The number of ether oxygens (including phenoxy) is 2. The molecule has 4 aromatic rings. The normalized spacial score (nSPS) is 16.0. The summed E-state index contributed by atoms with van der Waals surface area (Å²) in [7, 11) is 1.66. The SMILES string of the molecule is COc1ccc(-c2nccc(C3CCCN3Cc3cccc(Oc4ncccn4)c3)n2)cc1. The maximum absolute atomic E-state index is 5.81. The molecule has 0 saturated carbocycles. The molecular formula is C26H25N5O2. The molecule has 0 radical (unpaired) electrons. The lowest BCUT2D eigenvalue weighted by Crippen LogP contribution is -2.23. The van der Waals surface area contributed by atoms with Gasteiger partial charge in [-0.1, -0.05) is 12.1 Å². The van der Waals surface area contributed by atoms with E-state index in [-0.39, 0.29) is 6.04 Å². The highest BCUT2D eigenvalue weighted by molar-refractivity contribution is 5.56. The molecular weight excluding hydrogens is 414 g/mol. The average Bonchev–Trinajstić information content (AvgIpc) is 3.33. The predicted molar refractivity (Wildman–Crippen MR) is 125 cm³/mol. The highest BCUT2D eigenvalue weighted by Crippen LogP contribution is 2.33. The first-order chi connectivity index (χ1) is 16.3. The number of hydrogen-bond donors (Lipinski definition) is 0. The van der Waals surface area contributed by atoms with E-state index in [9.17, 15) is 0 Å². The fraction of sp³-hybridized carbons (Fsp3) is 0.231. The third kappa shape index (κ3) is 4.99. The van der Waals surface area contributed by atoms with Gasteiger partial charge in [-0.3, -0.25) is 4.90 Å². The number of benzene rings is 2. The Morgan fingerprint density at radius 3 is 2.58 bits per heavy atom. The van der Waals surface area contributed by atoms with Crippen molar-refractivity contribution in [2.75, 3.05) is 13.7 Å². The Morgan fingerprint density at radius 1 is 0.909 bits per heavy atom. The molecule has 0 N–H and O–H groups in total. The first-order valence-corrected chi connectivity index (χ1v) is 11.0. The monoisotopic (exact) mass is 439 g/mol. The Hall–Kier alpha value is -3.84. The van der Waals surface area contributed by atoms with Crippen molar-refractivity contribution < 1.29 is 9.47 Å². The summed E-state index contributed by atoms with van der Waals surface area (Å²) in [5.74, 6) is 2.29. The Morgan fingerprint density at radius 2 is 1.76 bits per heavy atom. The van der Waals surface area contributed by atoms with E-state index < -0.39 is 0 Å². The van der Waals surface area contributed by atoms with Crippen LogP contribution in [0.15, 0.2) is 79.3 Å². The second-order valence-electron chi connectivity index (χ2n) is 7.94. The number of aromatic nitrogens is 4. The van der Waals surface area contributed by atoms with Gasteiger partial charge in [0.25, 0.3) is 0 Å². The third-order valence-electron chi connectivity index (χ3n) is 5.77. The Labute approximate surface area is 193 Å². The van der Waals surface area contributed by atoms with Crippen molar-refractivity contribution in [3.05, 3.63) is 90.5 Å². The quantitative estimate of drug-likeness (QED) is 0.398. The molecule has 33 heavy (non-hydrogen) atoms. The minimum atomic E-state index is 0.257. The largest absolute Gasteiger partial charge is 0.497 e. The topological polar surface area (TPSA) is 73.3 Å². The molecule has 166 valence electrons. The van der Waals surface area contributed by atoms with Gasteiger partial charge >= 0.3 is 6.01 Å². The maximum Gasteiger partial charge on any atom is 0.321 e. The standard InChI is InChI=1S/C26H25N5O2/c1-32-21-10-8-20(9-11-21)25-27-15-12-23(30-25)24-7-3-16-31(24)18-19-5-2-6-22(17-19)33-26-28-13-4-14-29-26/h2,4-6,8-15,17,24H,3,7,16,18H2,1H3. The Bertz CT molecular complexity index is 1200. The highest BCUT2D eigenvalue weighted by atomic mass is 16.5. The summed E-state index contributed by atoms with van der Waals surface area (Å²) < 4.78 is 11.1. The van der Waals surface area contributed by atoms with E-state index in [1.807, 2.05) is 48.7 Å². The minimum absolute atomic E-state index is 0.257. The number of hydrogen-bond acceptors (Lipinski definition) is 7. The van der Waals surface area contributed by atoms with Crippen LogP contribution in [-0.2, 0) is 6.54 Å². The third-order valence-corrected chi connectivity index (χ3v) is 5.77. The van der Waals surface area contributed by atoms with Gasteiger partial charge in [0.05, 0.1) is 18.8 Å². The van der Waals surface area contributed by atoms with Crippen LogP contribution in [0.25, 0.3) is 11.4 Å². The fourth-order valence-corrected chi connectivity index (χ4v) is 4.17. The molecule has 1 saturated heterocycles. The van der Waals surface area contributed by atoms with Crippen LogP contribution in [0, 0.1) is 0 Å². The Kier molecular flexibility index (Phi) is 6.21. The lowest BCUT2D eigenvalue weighted by molar-refractivity contribution is 0.244. The van der Waals surface area contributed by atoms with Gasteiger partial charge in [-0.05, 0) is 73.5 Å². The fourth-order valence-electron chi connectivity index (χ4n) is 4.17. The number of methoxy groups -OCH3 is 1. The van der Waals surface area contributed by atoms with Crippen LogP contribution in [0.1, 0.15) is 30.1 Å². The highest BCUT2D eigenvalue weighted by Gasteiger charge is 2.27. The Balaban J connectivity index is 1.32. The second-order valence-corrected chi connectivity index (χ2v) is 7.94. The number of nitrogens with zero attached hydrogens (tertiary/aromatic N) is 5. The van der Waals surface area contributed by atoms with E-state index >= 15 is 0 Å². The van der Waals surface area contributed by atoms with Gasteiger partial charge in [0, 0.05) is 30.7 Å². The molecule has 0 bridgehead atoms. The summed E-state index contributed by atoms with van der Waals surface area (Å²) in [6, 6.07) is 20.4. The zero-order valence-corrected chi connectivity index (χ0v) is 18.5. The van der Waals surface area contributed by atoms with Crippen LogP contribution in [0.5, 0.6) is 17.5 Å². The van der Waals surface area contributed by atoms with E-state index in [1.54, 1.807) is 25.6 Å². The zero-order valence-electron chi connectivity index (χ0n) is 18.5. The molecule has 7 nitrogen and oxygen atoms in total. The first-order valence-electron chi connectivity index (χ1n) is 11.0. The summed E-state index contributed by atoms with van der Waals surface area (Å²) in [6.07, 6.45) is 7.41. The summed E-state index contributed by atoms with van der Waals surface area (Å²) >= 11 is 0. The molecule has 1 fully saturated rings. The van der Waals surface area contributed by atoms with E-state index in [4.69, 9.17) is 14.5 Å². The van der Waals surface area contributed by atoms with E-state index in [1.165, 1.54) is 5.56 Å². The van der Waals surface area contributed by atoms with Gasteiger partial charge in [-0.15, -0.1) is 0 Å². The van der Waals surface area contributed by atoms with Crippen LogP contribution in [0.4, 0.5) is 0 Å². The molecule has 2 aromatic carbocycles. The maximum atomic E-state index is 5.81. The molecule has 1 unspecified atom stereocenters. The molecule has 3 heterocycles. The van der Waals surface area contributed by atoms with Gasteiger partial charge in [0.15, 0.2) is 5.82 Å². The molecule has 1 aliphatic rings. The van der Waals surface area contributed by atoms with E-state index in [0.29, 0.717) is 6.01 Å². The molecule has 1 atom stereocenters. The predicted octanol–water partition coefficient (Wildman–Crippen LogP) is 5.07. The summed E-state index contributed by atoms with van der Waals surface area (Å²) in [4.78, 5) is 20.2. The van der Waals surface area contributed by atoms with Crippen LogP contribution in [0.2, 0.25) is 0 Å². The van der Waals surface area contributed by atoms with Crippen molar-refractivity contribution in [3.8, 4) is 28.9 Å². The summed E-state index contributed by atoms with van der Waals surface area (Å²) in [5.41, 5.74) is 3.22. The van der Waals surface area contributed by atoms with Gasteiger partial charge < -0.3 is 9.47 Å². The van der Waals surface area contributed by atoms with Crippen molar-refractivity contribution in [1.82, 2.24) is 24.8 Å². The molecule has 5 rings (SSSR count). The van der Waals surface area contributed by atoms with Crippen LogP contribution < -0.4 is 9.47 Å². The van der Waals surface area contributed by atoms with Crippen molar-refractivity contribution in [3.63, 3.8) is 0 Å². The number of likely N-dealkylation sites (tertiary alicyclic amines) is 1. The zero-order chi connectivity index (χ0) is 22.5. The van der Waals surface area contributed by atoms with E-state index in [2.05, 4.69) is 32.0 Å². The van der Waals surface area contributed by atoms with Crippen molar-refractivity contribution in [2.45, 2.75) is 25.4 Å². The van der Waals surface area contributed by atoms with Crippen LogP contribution in [0.3, 0.4) is 0 Å². The molecule has 0 amide bonds. The molecule has 1 aliphatic heterocycles. The lowest BCUT2D eigenvalue weighted by atomic mass is 10.1. The summed E-state index contributed by atoms with van der Waals surface area (Å²) in [6.45, 7) is 1.85. The van der Waals surface area contributed by atoms with Crippen molar-refractivity contribution >= 4 is 0 Å². The smallest absolute Gasteiger partial charge is 0.321 e. The first kappa shape index (κ1) is 21.0. The van der Waals surface area contributed by atoms with Crippen LogP contribution in [-0.4, -0.2) is 38.5 Å². The summed E-state index contributed by atoms with van der Waals surface area (Å²) in [5, 5.41) is 0. The van der Waals surface area contributed by atoms with Gasteiger partial charge in [-0.2, -0.15) is 0 Å². The second kappa shape index (κ2) is 9.75. The molecule has 0 spiro atoms. The van der Waals surface area contributed by atoms with Gasteiger partial charge in [0.1, 0.15) is 11.5 Å². The molecule has 7 heteroatoms. The molecule has 2 aromatic heterocycles.